The van der Waals surface area contributed by atoms with Crippen molar-refractivity contribution in [2.45, 2.75) is 56.5 Å². The van der Waals surface area contributed by atoms with Gasteiger partial charge in [0.15, 0.2) is 0 Å². The molecule has 0 atom stereocenters. The van der Waals surface area contributed by atoms with Crippen LogP contribution in [0.3, 0.4) is 0 Å². The molecule has 0 aromatic heterocycles. The van der Waals surface area contributed by atoms with Crippen LogP contribution in [0.2, 0.25) is 0 Å². The van der Waals surface area contributed by atoms with E-state index >= 15 is 0 Å². The van der Waals surface area contributed by atoms with E-state index in [0.717, 1.165) is 31.2 Å². The molecule has 0 saturated heterocycles. The van der Waals surface area contributed by atoms with Crippen molar-refractivity contribution in [1.82, 2.24) is 4.31 Å². The highest BCUT2D eigenvalue weighted by Crippen LogP contribution is 2.31. The number of nitrogens with two attached hydrogens (primary N) is 1. The summed E-state index contributed by atoms with van der Waals surface area (Å²) in [6.07, 6.45) is 5.37. The maximum Gasteiger partial charge on any atom is 0.244 e. The van der Waals surface area contributed by atoms with Crippen LogP contribution >= 0.6 is 15.9 Å². The van der Waals surface area contributed by atoms with Crippen molar-refractivity contribution in [2.75, 3.05) is 6.54 Å². The molecule has 6 heteroatoms. The highest BCUT2D eigenvalue weighted by molar-refractivity contribution is 9.10. The van der Waals surface area contributed by atoms with Crippen molar-refractivity contribution < 1.29 is 8.42 Å². The number of hydrogen-bond acceptors (Lipinski definition) is 3. The van der Waals surface area contributed by atoms with Gasteiger partial charge in [-0.05, 0) is 46.5 Å². The smallest absolute Gasteiger partial charge is 0.244 e. The lowest BCUT2D eigenvalue weighted by Gasteiger charge is -2.32. The first-order valence-electron chi connectivity index (χ1n) is 7.51. The van der Waals surface area contributed by atoms with Gasteiger partial charge in [-0.1, -0.05) is 32.3 Å². The first-order chi connectivity index (χ1) is 10.0. The molecular formula is C15H23BrN2O2S. The van der Waals surface area contributed by atoms with Gasteiger partial charge in [-0.2, -0.15) is 4.31 Å². The number of benzene rings is 1. The Hall–Kier alpha value is -0.430. The van der Waals surface area contributed by atoms with Crippen molar-refractivity contribution in [3.05, 3.63) is 28.2 Å². The standard InChI is InChI=1S/C15H23BrN2O2S/c1-2-18(13-6-4-3-5-7-13)21(19,20)15-9-8-12(11-17)10-14(15)16/h8-10,13H,2-7,11,17H2,1H3. The maximum atomic E-state index is 12.9. The highest BCUT2D eigenvalue weighted by atomic mass is 79.9. The van der Waals surface area contributed by atoms with E-state index < -0.39 is 10.0 Å². The highest BCUT2D eigenvalue weighted by Gasteiger charge is 2.32. The van der Waals surface area contributed by atoms with Gasteiger partial charge in [0.05, 0.1) is 4.90 Å². The quantitative estimate of drug-likeness (QED) is 0.859. The molecule has 1 aromatic carbocycles. The lowest BCUT2D eigenvalue weighted by atomic mass is 9.95. The second kappa shape index (κ2) is 7.22. The molecule has 0 radical (unpaired) electrons. The molecule has 1 saturated carbocycles. The zero-order valence-electron chi connectivity index (χ0n) is 12.4. The monoisotopic (exact) mass is 374 g/mol. The molecule has 1 aliphatic carbocycles. The summed E-state index contributed by atoms with van der Waals surface area (Å²) >= 11 is 3.38. The van der Waals surface area contributed by atoms with E-state index in [9.17, 15) is 8.42 Å². The van der Waals surface area contributed by atoms with Crippen LogP contribution in [-0.2, 0) is 16.6 Å². The number of rotatable bonds is 5. The third-order valence-corrected chi connectivity index (χ3v) is 7.12. The number of hydrogen-bond donors (Lipinski definition) is 1. The third-order valence-electron chi connectivity index (χ3n) is 4.11. The van der Waals surface area contributed by atoms with Crippen molar-refractivity contribution in [3.63, 3.8) is 0 Å². The zero-order valence-corrected chi connectivity index (χ0v) is 14.8. The molecule has 1 aliphatic rings. The Morgan fingerprint density at radius 2 is 1.95 bits per heavy atom. The summed E-state index contributed by atoms with van der Waals surface area (Å²) in [5, 5.41) is 0. The van der Waals surface area contributed by atoms with Crippen LogP contribution in [0.4, 0.5) is 0 Å². The van der Waals surface area contributed by atoms with Crippen LogP contribution < -0.4 is 5.73 Å². The molecule has 2 rings (SSSR count). The van der Waals surface area contributed by atoms with E-state index in [1.807, 2.05) is 6.92 Å². The average molecular weight is 375 g/mol. The second-order valence-corrected chi connectivity index (χ2v) is 8.18. The summed E-state index contributed by atoms with van der Waals surface area (Å²) in [6.45, 7) is 2.82. The molecular weight excluding hydrogens is 352 g/mol. The van der Waals surface area contributed by atoms with Crippen molar-refractivity contribution in [2.24, 2.45) is 5.73 Å². The zero-order chi connectivity index (χ0) is 15.5. The van der Waals surface area contributed by atoms with E-state index in [1.54, 1.807) is 22.5 Å². The first-order valence-corrected chi connectivity index (χ1v) is 9.74. The van der Waals surface area contributed by atoms with E-state index in [-0.39, 0.29) is 6.04 Å². The van der Waals surface area contributed by atoms with E-state index in [2.05, 4.69) is 15.9 Å². The van der Waals surface area contributed by atoms with Crippen LogP contribution in [0.1, 0.15) is 44.6 Å². The Morgan fingerprint density at radius 1 is 1.29 bits per heavy atom. The molecule has 1 aromatic rings. The van der Waals surface area contributed by atoms with Gasteiger partial charge in [0.1, 0.15) is 0 Å². The second-order valence-electron chi connectivity index (χ2n) is 5.47. The summed E-state index contributed by atoms with van der Waals surface area (Å²) in [7, 11) is -3.46. The summed E-state index contributed by atoms with van der Waals surface area (Å²) in [5.41, 5.74) is 6.52. The average Bonchev–Trinajstić information content (AvgIpc) is 2.48. The van der Waals surface area contributed by atoms with E-state index in [1.165, 1.54) is 6.42 Å². The van der Waals surface area contributed by atoms with Crippen molar-refractivity contribution in [1.29, 1.82) is 0 Å². The Labute approximate surface area is 135 Å². The normalized spacial score (nSPS) is 17.3. The molecule has 21 heavy (non-hydrogen) atoms. The van der Waals surface area contributed by atoms with Crippen LogP contribution in [0.15, 0.2) is 27.6 Å². The molecule has 118 valence electrons. The summed E-state index contributed by atoms with van der Waals surface area (Å²) < 4.78 is 28.2. The Morgan fingerprint density at radius 3 is 2.48 bits per heavy atom. The van der Waals surface area contributed by atoms with Crippen molar-refractivity contribution >= 4 is 26.0 Å². The predicted octanol–water partition coefficient (Wildman–Crippen LogP) is 3.25. The molecule has 2 N–H and O–H groups in total. The van der Waals surface area contributed by atoms with Crippen molar-refractivity contribution in [3.8, 4) is 0 Å². The molecule has 1 fully saturated rings. The van der Waals surface area contributed by atoms with Crippen LogP contribution in [0, 0.1) is 0 Å². The summed E-state index contributed by atoms with van der Waals surface area (Å²) in [5.74, 6) is 0. The fourth-order valence-corrected chi connectivity index (χ4v) is 5.78. The van der Waals surface area contributed by atoms with Gasteiger partial charge in [0.2, 0.25) is 10.0 Å². The van der Waals surface area contributed by atoms with Gasteiger partial charge in [0.25, 0.3) is 0 Å². The molecule has 0 bridgehead atoms. The lowest BCUT2D eigenvalue weighted by molar-refractivity contribution is 0.261. The minimum atomic E-state index is -3.46. The Balaban J connectivity index is 2.34. The molecule has 0 aliphatic heterocycles. The Kier molecular flexibility index (Phi) is 5.82. The minimum Gasteiger partial charge on any atom is -0.326 e. The van der Waals surface area contributed by atoms with E-state index in [4.69, 9.17) is 5.73 Å². The van der Waals surface area contributed by atoms with Gasteiger partial charge >= 0.3 is 0 Å². The third kappa shape index (κ3) is 3.67. The predicted molar refractivity (Wildman–Crippen MR) is 88.5 cm³/mol. The topological polar surface area (TPSA) is 63.4 Å². The van der Waals surface area contributed by atoms with Gasteiger partial charge in [-0.3, -0.25) is 0 Å². The van der Waals surface area contributed by atoms with Crippen LogP contribution in [0.5, 0.6) is 0 Å². The first kappa shape index (κ1) is 16.9. The van der Waals surface area contributed by atoms with Gasteiger partial charge < -0.3 is 5.73 Å². The number of sulfonamides is 1. The molecule has 0 heterocycles. The minimum absolute atomic E-state index is 0.134. The SMILES string of the molecule is CCN(C1CCCCC1)S(=O)(=O)c1ccc(CN)cc1Br. The molecule has 0 amide bonds. The van der Waals surface area contributed by atoms with Gasteiger partial charge in [-0.25, -0.2) is 8.42 Å². The van der Waals surface area contributed by atoms with Gasteiger partial charge in [-0.15, -0.1) is 0 Å². The fourth-order valence-electron chi connectivity index (χ4n) is 3.00. The van der Waals surface area contributed by atoms with Gasteiger partial charge in [0, 0.05) is 23.6 Å². The maximum absolute atomic E-state index is 12.9. The summed E-state index contributed by atoms with van der Waals surface area (Å²) in [4.78, 5) is 0.340. The fraction of sp³-hybridized carbons (Fsp3) is 0.600. The lowest BCUT2D eigenvalue weighted by Crippen LogP contribution is -2.41. The number of halogens is 1. The van der Waals surface area contributed by atoms with E-state index in [0.29, 0.717) is 22.5 Å². The molecule has 4 nitrogen and oxygen atoms in total. The van der Waals surface area contributed by atoms with Crippen LogP contribution in [-0.4, -0.2) is 25.3 Å². The molecule has 0 unspecified atom stereocenters. The summed E-state index contributed by atoms with van der Waals surface area (Å²) in [6, 6.07) is 5.37. The Bertz CT molecular complexity index is 583. The molecule has 0 spiro atoms. The van der Waals surface area contributed by atoms with Crippen LogP contribution in [0.25, 0.3) is 0 Å². The largest absolute Gasteiger partial charge is 0.326 e. The number of nitrogens with zero attached hydrogens (tertiary/aromatic N) is 1.